The van der Waals surface area contributed by atoms with Gasteiger partial charge in [0.2, 0.25) is 11.8 Å². The van der Waals surface area contributed by atoms with Crippen molar-refractivity contribution in [2.24, 2.45) is 5.92 Å². The van der Waals surface area contributed by atoms with E-state index in [0.29, 0.717) is 6.54 Å². The molecule has 0 bridgehead atoms. The molecule has 1 aliphatic heterocycles. The zero-order valence-electron chi connectivity index (χ0n) is 18.1. The molecular weight excluding hydrogens is 362 g/mol. The quantitative estimate of drug-likeness (QED) is 0.737. The van der Waals surface area contributed by atoms with Gasteiger partial charge in [-0.25, -0.2) is 0 Å². The van der Waals surface area contributed by atoms with Gasteiger partial charge in [0, 0.05) is 25.0 Å². The van der Waals surface area contributed by atoms with Crippen molar-refractivity contribution >= 4 is 11.8 Å². The maximum atomic E-state index is 12.5. The number of amides is 2. The Kier molecular flexibility index (Phi) is 8.10. The summed E-state index contributed by atoms with van der Waals surface area (Å²) in [6, 6.07) is 8.74. The van der Waals surface area contributed by atoms with Gasteiger partial charge < -0.3 is 10.6 Å². The summed E-state index contributed by atoms with van der Waals surface area (Å²) in [5.41, 5.74) is 2.45. The van der Waals surface area contributed by atoms with Gasteiger partial charge in [0.15, 0.2) is 0 Å². The smallest absolute Gasteiger partial charge is 0.234 e. The molecule has 0 radical (unpaired) electrons. The summed E-state index contributed by atoms with van der Waals surface area (Å²) >= 11 is 0. The van der Waals surface area contributed by atoms with Crippen LogP contribution in [0, 0.1) is 5.92 Å². The lowest BCUT2D eigenvalue weighted by atomic mass is 9.88. The Hall–Kier alpha value is -1.88. The number of piperidine rings is 1. The highest BCUT2D eigenvalue weighted by atomic mass is 16.2. The topological polar surface area (TPSA) is 61.4 Å². The van der Waals surface area contributed by atoms with E-state index in [4.69, 9.17) is 0 Å². The lowest BCUT2D eigenvalue weighted by molar-refractivity contribution is -0.127. The molecule has 29 heavy (non-hydrogen) atoms. The summed E-state index contributed by atoms with van der Waals surface area (Å²) in [6.45, 7) is 6.34. The van der Waals surface area contributed by atoms with Crippen LogP contribution in [0.1, 0.15) is 76.0 Å². The van der Waals surface area contributed by atoms with E-state index >= 15 is 0 Å². The number of hydrogen-bond acceptors (Lipinski definition) is 3. The van der Waals surface area contributed by atoms with Crippen molar-refractivity contribution in [1.29, 1.82) is 0 Å². The van der Waals surface area contributed by atoms with E-state index in [1.807, 2.05) is 6.92 Å². The molecule has 2 fully saturated rings. The zero-order chi connectivity index (χ0) is 20.6. The molecule has 2 amide bonds. The van der Waals surface area contributed by atoms with Gasteiger partial charge in [-0.2, -0.15) is 0 Å². The molecule has 2 N–H and O–H groups in total. The van der Waals surface area contributed by atoms with E-state index in [0.717, 1.165) is 50.8 Å². The maximum Gasteiger partial charge on any atom is 0.234 e. The number of carbonyl (C=O) groups excluding carboxylic acids is 2. The highest BCUT2D eigenvalue weighted by molar-refractivity contribution is 5.79. The van der Waals surface area contributed by atoms with Crippen LogP contribution in [0.25, 0.3) is 0 Å². The van der Waals surface area contributed by atoms with Gasteiger partial charge in [-0.1, -0.05) is 50.5 Å². The first-order valence-corrected chi connectivity index (χ1v) is 11.5. The van der Waals surface area contributed by atoms with Gasteiger partial charge >= 0.3 is 0 Å². The standard InChI is InChI=1S/C24H37N3O2/c1-3-19-9-11-20(12-10-19)18(2)25-23(28)17-27-15-13-22(14-16-27)26-24(29)21-7-5-4-6-8-21/h9-12,18,21-22H,3-8,13-17H2,1-2H3,(H,25,28)(H,26,29)/t18-/m1/s1. The van der Waals surface area contributed by atoms with Crippen molar-refractivity contribution in [1.82, 2.24) is 15.5 Å². The van der Waals surface area contributed by atoms with E-state index in [9.17, 15) is 9.59 Å². The molecule has 0 spiro atoms. The molecule has 1 atom stereocenters. The molecule has 1 heterocycles. The van der Waals surface area contributed by atoms with Crippen molar-refractivity contribution in [3.8, 4) is 0 Å². The highest BCUT2D eigenvalue weighted by Crippen LogP contribution is 2.24. The zero-order valence-corrected chi connectivity index (χ0v) is 18.1. The summed E-state index contributed by atoms with van der Waals surface area (Å²) < 4.78 is 0. The lowest BCUT2D eigenvalue weighted by Crippen LogP contribution is -2.48. The average Bonchev–Trinajstić information content (AvgIpc) is 2.75. The van der Waals surface area contributed by atoms with Gasteiger partial charge in [-0.3, -0.25) is 14.5 Å². The number of nitrogens with one attached hydrogen (secondary N) is 2. The van der Waals surface area contributed by atoms with Crippen LogP contribution >= 0.6 is 0 Å². The van der Waals surface area contributed by atoms with Crippen LogP contribution in [0.5, 0.6) is 0 Å². The Labute approximate surface area is 175 Å². The summed E-state index contributed by atoms with van der Waals surface area (Å²) in [5, 5.41) is 6.38. The summed E-state index contributed by atoms with van der Waals surface area (Å²) in [5.74, 6) is 0.547. The maximum absolute atomic E-state index is 12.5. The van der Waals surface area contributed by atoms with E-state index in [1.165, 1.54) is 24.8 Å². The monoisotopic (exact) mass is 399 g/mol. The normalized spacial score (nSPS) is 20.2. The van der Waals surface area contributed by atoms with Crippen molar-refractivity contribution in [3.05, 3.63) is 35.4 Å². The predicted molar refractivity (Wildman–Crippen MR) is 117 cm³/mol. The number of nitrogens with zero attached hydrogens (tertiary/aromatic N) is 1. The number of carbonyl (C=O) groups is 2. The number of rotatable bonds is 7. The van der Waals surface area contributed by atoms with Gasteiger partial charge in [0.25, 0.3) is 0 Å². The van der Waals surface area contributed by atoms with Crippen LogP contribution in [-0.2, 0) is 16.0 Å². The van der Waals surface area contributed by atoms with E-state index in [-0.39, 0.29) is 29.8 Å². The fourth-order valence-electron chi connectivity index (χ4n) is 4.53. The van der Waals surface area contributed by atoms with Crippen molar-refractivity contribution < 1.29 is 9.59 Å². The second kappa shape index (κ2) is 10.8. The van der Waals surface area contributed by atoms with E-state index < -0.39 is 0 Å². The van der Waals surface area contributed by atoms with E-state index in [1.54, 1.807) is 0 Å². The number of likely N-dealkylation sites (tertiary alicyclic amines) is 1. The molecule has 0 unspecified atom stereocenters. The first kappa shape index (κ1) is 21.8. The second-order valence-electron chi connectivity index (χ2n) is 8.78. The van der Waals surface area contributed by atoms with Gasteiger partial charge in [-0.15, -0.1) is 0 Å². The van der Waals surface area contributed by atoms with Crippen LogP contribution in [0.15, 0.2) is 24.3 Å². The molecule has 0 aromatic heterocycles. The van der Waals surface area contributed by atoms with Crippen molar-refractivity contribution in [3.63, 3.8) is 0 Å². The number of aryl methyl sites for hydroxylation is 1. The minimum Gasteiger partial charge on any atom is -0.353 e. The van der Waals surface area contributed by atoms with E-state index in [2.05, 4.69) is 46.7 Å². The molecule has 1 saturated heterocycles. The lowest BCUT2D eigenvalue weighted by Gasteiger charge is -2.33. The third kappa shape index (κ3) is 6.56. The second-order valence-corrected chi connectivity index (χ2v) is 8.78. The first-order valence-electron chi connectivity index (χ1n) is 11.5. The molecule has 1 aliphatic carbocycles. The van der Waals surface area contributed by atoms with Crippen molar-refractivity contribution in [2.45, 2.75) is 77.3 Å². The minimum atomic E-state index is 0.0146. The Balaban J connectivity index is 1.37. The van der Waals surface area contributed by atoms with Crippen LogP contribution in [-0.4, -0.2) is 42.4 Å². The largest absolute Gasteiger partial charge is 0.353 e. The molecule has 1 aromatic carbocycles. The third-order valence-corrected chi connectivity index (χ3v) is 6.54. The summed E-state index contributed by atoms with van der Waals surface area (Å²) in [7, 11) is 0. The Morgan fingerprint density at radius 1 is 1.03 bits per heavy atom. The van der Waals surface area contributed by atoms with Crippen LogP contribution in [0.4, 0.5) is 0 Å². The Morgan fingerprint density at radius 2 is 1.69 bits per heavy atom. The van der Waals surface area contributed by atoms with Crippen molar-refractivity contribution in [2.75, 3.05) is 19.6 Å². The van der Waals surface area contributed by atoms with Crippen LogP contribution in [0.2, 0.25) is 0 Å². The van der Waals surface area contributed by atoms with Gasteiger partial charge in [0.05, 0.1) is 12.6 Å². The van der Waals surface area contributed by atoms with Crippen LogP contribution < -0.4 is 10.6 Å². The Bertz CT molecular complexity index is 659. The average molecular weight is 400 g/mol. The molecule has 2 aliphatic rings. The fraction of sp³-hybridized carbons (Fsp3) is 0.667. The number of benzene rings is 1. The molecule has 1 aromatic rings. The molecule has 1 saturated carbocycles. The highest BCUT2D eigenvalue weighted by Gasteiger charge is 2.26. The summed E-state index contributed by atoms with van der Waals surface area (Å²) in [4.78, 5) is 27.1. The predicted octanol–water partition coefficient (Wildman–Crippen LogP) is 3.59. The van der Waals surface area contributed by atoms with Gasteiger partial charge in [0.1, 0.15) is 0 Å². The molecule has 5 nitrogen and oxygen atoms in total. The molecule has 5 heteroatoms. The molecular formula is C24H37N3O2. The number of hydrogen-bond donors (Lipinski definition) is 2. The summed E-state index contributed by atoms with van der Waals surface area (Å²) in [6.07, 6.45) is 8.62. The third-order valence-electron chi connectivity index (χ3n) is 6.54. The first-order chi connectivity index (χ1) is 14.0. The molecule has 3 rings (SSSR count). The molecule has 160 valence electrons. The fourth-order valence-corrected chi connectivity index (χ4v) is 4.53. The van der Waals surface area contributed by atoms with Gasteiger partial charge in [-0.05, 0) is 50.2 Å². The SMILES string of the molecule is CCc1ccc([C@@H](C)NC(=O)CN2CCC(NC(=O)C3CCCCC3)CC2)cc1. The Morgan fingerprint density at radius 3 is 2.31 bits per heavy atom. The van der Waals surface area contributed by atoms with Crippen LogP contribution in [0.3, 0.4) is 0 Å². The minimum absolute atomic E-state index is 0.0146.